The molecule has 0 aliphatic heterocycles. The topological polar surface area (TPSA) is 51.6 Å². The minimum Gasteiger partial charge on any atom is -0.460 e. The molecule has 1 aromatic carbocycles. The molecule has 0 aliphatic rings. The molecule has 0 bridgehead atoms. The molecule has 3 aromatic rings. The van der Waals surface area contributed by atoms with Gasteiger partial charge in [0.05, 0.1) is 25.2 Å². The van der Waals surface area contributed by atoms with Crippen molar-refractivity contribution in [1.29, 1.82) is 0 Å². The number of carbonyl (C=O) groups is 1. The van der Waals surface area contributed by atoms with Crippen molar-refractivity contribution < 1.29 is 14.1 Å². The highest BCUT2D eigenvalue weighted by atomic mass is 16.3. The standard InChI is InChI=1S/C25H35N3O2/c1-6-27(7-2)14-10-12-19(4)26-25(29)23-16-24-22(15-20(5)30-24)28(23)17-21-13-9-8-11-18(21)3/h8-9,11,13,15-16,19H,6-7,10,12,14,17H2,1-5H3,(H,26,29)/p+1/t19-/m1/s1. The van der Waals surface area contributed by atoms with Crippen LogP contribution in [0.25, 0.3) is 11.1 Å². The van der Waals surface area contributed by atoms with E-state index in [2.05, 4.69) is 49.7 Å². The number of benzene rings is 1. The number of amides is 1. The predicted molar refractivity (Wildman–Crippen MR) is 122 cm³/mol. The van der Waals surface area contributed by atoms with E-state index in [1.165, 1.54) is 11.1 Å². The molecule has 0 unspecified atom stereocenters. The molecule has 30 heavy (non-hydrogen) atoms. The van der Waals surface area contributed by atoms with Crippen LogP contribution in [-0.2, 0) is 6.54 Å². The third kappa shape index (κ3) is 5.14. The Hall–Kier alpha value is -2.53. The third-order valence-electron chi connectivity index (χ3n) is 6.08. The first-order valence-corrected chi connectivity index (χ1v) is 11.2. The maximum Gasteiger partial charge on any atom is 0.268 e. The normalized spacial score (nSPS) is 12.6. The highest BCUT2D eigenvalue weighted by Gasteiger charge is 2.20. The van der Waals surface area contributed by atoms with Crippen LogP contribution < -0.4 is 10.2 Å². The van der Waals surface area contributed by atoms with Gasteiger partial charge in [0.1, 0.15) is 11.5 Å². The van der Waals surface area contributed by atoms with Crippen LogP contribution in [0.3, 0.4) is 0 Å². The van der Waals surface area contributed by atoms with Gasteiger partial charge in [-0.1, -0.05) is 24.3 Å². The number of nitrogens with one attached hydrogen (secondary N) is 2. The van der Waals surface area contributed by atoms with Crippen LogP contribution >= 0.6 is 0 Å². The number of fused-ring (bicyclic) bond motifs is 1. The molecule has 0 saturated heterocycles. The fourth-order valence-corrected chi connectivity index (χ4v) is 4.11. The Morgan fingerprint density at radius 3 is 2.60 bits per heavy atom. The molecule has 0 aliphatic carbocycles. The van der Waals surface area contributed by atoms with Crippen molar-refractivity contribution in [1.82, 2.24) is 9.88 Å². The van der Waals surface area contributed by atoms with Crippen molar-refractivity contribution in [2.75, 3.05) is 19.6 Å². The van der Waals surface area contributed by atoms with Gasteiger partial charge in [0.2, 0.25) is 0 Å². The Bertz CT molecular complexity index is 982. The van der Waals surface area contributed by atoms with Crippen LogP contribution in [-0.4, -0.2) is 36.2 Å². The van der Waals surface area contributed by atoms with Crippen LogP contribution in [0.15, 0.2) is 40.8 Å². The number of aromatic nitrogens is 1. The molecular formula is C25H36N3O2+. The molecule has 1 amide bonds. The van der Waals surface area contributed by atoms with E-state index in [1.54, 1.807) is 4.90 Å². The van der Waals surface area contributed by atoms with Crippen molar-refractivity contribution in [3.05, 3.63) is 59.0 Å². The summed E-state index contributed by atoms with van der Waals surface area (Å²) in [5.41, 5.74) is 4.83. The van der Waals surface area contributed by atoms with E-state index in [9.17, 15) is 4.79 Å². The lowest BCUT2D eigenvalue weighted by Gasteiger charge is -2.18. The molecule has 0 spiro atoms. The second-order valence-electron chi connectivity index (χ2n) is 8.37. The number of carbonyl (C=O) groups excluding carboxylic acids is 1. The van der Waals surface area contributed by atoms with Gasteiger partial charge in [-0.25, -0.2) is 0 Å². The smallest absolute Gasteiger partial charge is 0.268 e. The lowest BCUT2D eigenvalue weighted by molar-refractivity contribution is -0.896. The fourth-order valence-electron chi connectivity index (χ4n) is 4.11. The van der Waals surface area contributed by atoms with Gasteiger partial charge in [0, 0.05) is 24.7 Å². The lowest BCUT2D eigenvalue weighted by Crippen LogP contribution is -3.11. The Morgan fingerprint density at radius 2 is 1.90 bits per heavy atom. The molecule has 5 nitrogen and oxygen atoms in total. The molecule has 0 radical (unpaired) electrons. The van der Waals surface area contributed by atoms with Gasteiger partial charge in [-0.2, -0.15) is 0 Å². The Labute approximate surface area is 180 Å². The summed E-state index contributed by atoms with van der Waals surface area (Å²) >= 11 is 0. The fraction of sp³-hybridized carbons (Fsp3) is 0.480. The Morgan fingerprint density at radius 1 is 1.17 bits per heavy atom. The second-order valence-corrected chi connectivity index (χ2v) is 8.37. The zero-order chi connectivity index (χ0) is 21.7. The number of hydrogen-bond donors (Lipinski definition) is 2. The van der Waals surface area contributed by atoms with E-state index in [0.717, 1.165) is 49.3 Å². The van der Waals surface area contributed by atoms with E-state index in [-0.39, 0.29) is 11.9 Å². The summed E-state index contributed by atoms with van der Waals surface area (Å²) in [4.78, 5) is 14.7. The quantitative estimate of drug-likeness (QED) is 0.535. The molecule has 1 atom stereocenters. The minimum absolute atomic E-state index is 0.0321. The van der Waals surface area contributed by atoms with Crippen LogP contribution in [0, 0.1) is 13.8 Å². The second kappa shape index (κ2) is 9.98. The first kappa shape index (κ1) is 22.2. The summed E-state index contributed by atoms with van der Waals surface area (Å²) in [6, 6.07) is 12.3. The van der Waals surface area contributed by atoms with Gasteiger partial charge >= 0.3 is 0 Å². The van der Waals surface area contributed by atoms with Crippen molar-refractivity contribution in [3.63, 3.8) is 0 Å². The van der Waals surface area contributed by atoms with Crippen molar-refractivity contribution in [2.45, 2.75) is 60.0 Å². The first-order valence-electron chi connectivity index (χ1n) is 11.2. The summed E-state index contributed by atoms with van der Waals surface area (Å²) in [6.07, 6.45) is 2.10. The van der Waals surface area contributed by atoms with Crippen LogP contribution in [0.5, 0.6) is 0 Å². The summed E-state index contributed by atoms with van der Waals surface area (Å²) in [6.45, 7) is 14.7. The number of hydrogen-bond acceptors (Lipinski definition) is 2. The Kier molecular flexibility index (Phi) is 7.38. The number of furan rings is 1. The van der Waals surface area contributed by atoms with E-state index >= 15 is 0 Å². The number of aryl methyl sites for hydroxylation is 2. The number of quaternary nitrogens is 1. The average Bonchev–Trinajstić information content (AvgIpc) is 3.24. The lowest BCUT2D eigenvalue weighted by atomic mass is 10.1. The highest BCUT2D eigenvalue weighted by molar-refractivity contribution is 5.97. The summed E-state index contributed by atoms with van der Waals surface area (Å²) in [7, 11) is 0. The van der Waals surface area contributed by atoms with Gasteiger partial charge in [-0.05, 0) is 58.6 Å². The number of nitrogens with zero attached hydrogens (tertiary/aromatic N) is 1. The highest BCUT2D eigenvalue weighted by Crippen LogP contribution is 2.25. The SMILES string of the molecule is CC[NH+](CC)CCC[C@@H](C)NC(=O)c1cc2oc(C)cc2n1Cc1ccccc1C. The van der Waals surface area contributed by atoms with Gasteiger partial charge < -0.3 is 19.2 Å². The summed E-state index contributed by atoms with van der Waals surface area (Å²) < 4.78 is 7.90. The largest absolute Gasteiger partial charge is 0.460 e. The number of rotatable bonds is 10. The van der Waals surface area contributed by atoms with Crippen LogP contribution in [0.4, 0.5) is 0 Å². The molecule has 2 heterocycles. The monoisotopic (exact) mass is 410 g/mol. The molecule has 3 rings (SSSR count). The molecule has 2 aromatic heterocycles. The predicted octanol–water partition coefficient (Wildman–Crippen LogP) is 3.72. The van der Waals surface area contributed by atoms with Crippen LogP contribution in [0.1, 0.15) is 61.0 Å². The summed E-state index contributed by atoms with van der Waals surface area (Å²) in [5.74, 6) is 0.827. The first-order chi connectivity index (χ1) is 14.4. The van der Waals surface area contributed by atoms with Crippen molar-refractivity contribution >= 4 is 17.0 Å². The molecule has 5 heteroatoms. The average molecular weight is 411 g/mol. The Balaban J connectivity index is 1.75. The van der Waals surface area contributed by atoms with Gasteiger partial charge in [0.25, 0.3) is 5.91 Å². The molecule has 0 fully saturated rings. The van der Waals surface area contributed by atoms with Gasteiger partial charge in [-0.3, -0.25) is 4.79 Å². The summed E-state index contributed by atoms with van der Waals surface area (Å²) in [5, 5.41) is 3.20. The minimum atomic E-state index is -0.0321. The van der Waals surface area contributed by atoms with Gasteiger partial charge in [0.15, 0.2) is 5.58 Å². The van der Waals surface area contributed by atoms with E-state index in [1.807, 2.05) is 31.2 Å². The zero-order valence-electron chi connectivity index (χ0n) is 19.0. The molecular weight excluding hydrogens is 374 g/mol. The third-order valence-corrected chi connectivity index (χ3v) is 6.08. The molecule has 162 valence electrons. The maximum absolute atomic E-state index is 13.1. The van der Waals surface area contributed by atoms with Crippen molar-refractivity contribution in [2.24, 2.45) is 0 Å². The molecule has 2 N–H and O–H groups in total. The van der Waals surface area contributed by atoms with Crippen LogP contribution in [0.2, 0.25) is 0 Å². The van der Waals surface area contributed by atoms with Gasteiger partial charge in [-0.15, -0.1) is 0 Å². The molecule has 0 saturated carbocycles. The maximum atomic E-state index is 13.1. The zero-order valence-corrected chi connectivity index (χ0v) is 19.0. The van der Waals surface area contributed by atoms with E-state index in [0.29, 0.717) is 12.2 Å². The van der Waals surface area contributed by atoms with Crippen molar-refractivity contribution in [3.8, 4) is 0 Å². The van der Waals surface area contributed by atoms with E-state index < -0.39 is 0 Å². The van der Waals surface area contributed by atoms with E-state index in [4.69, 9.17) is 4.42 Å².